The maximum absolute atomic E-state index is 12.1. The van der Waals surface area contributed by atoms with Crippen LogP contribution >= 0.6 is 11.6 Å². The highest BCUT2D eigenvalue weighted by Crippen LogP contribution is 2.29. The molecular formula is C17H17ClN2O5. The Bertz CT molecular complexity index is 795. The van der Waals surface area contributed by atoms with E-state index in [0.29, 0.717) is 22.2 Å². The van der Waals surface area contributed by atoms with Gasteiger partial charge in [-0.1, -0.05) is 11.6 Å². The Kier molecular flexibility index (Phi) is 6.08. The van der Waals surface area contributed by atoms with Gasteiger partial charge in [-0.2, -0.15) is 0 Å². The van der Waals surface area contributed by atoms with Gasteiger partial charge < -0.3 is 25.3 Å². The largest absolute Gasteiger partial charge is 0.497 e. The van der Waals surface area contributed by atoms with E-state index < -0.39 is 11.8 Å². The first-order valence-corrected chi connectivity index (χ1v) is 7.56. The normalized spacial score (nSPS) is 10.0. The van der Waals surface area contributed by atoms with Crippen molar-refractivity contribution in [1.29, 1.82) is 0 Å². The minimum atomic E-state index is -0.679. The molecule has 2 rings (SSSR count). The van der Waals surface area contributed by atoms with Crippen LogP contribution in [0.25, 0.3) is 0 Å². The summed E-state index contributed by atoms with van der Waals surface area (Å²) in [6.07, 6.45) is 0. The van der Waals surface area contributed by atoms with Gasteiger partial charge in [0.1, 0.15) is 17.2 Å². The van der Waals surface area contributed by atoms with Crippen molar-refractivity contribution in [3.8, 4) is 17.2 Å². The number of benzene rings is 2. The Morgan fingerprint density at radius 1 is 1.08 bits per heavy atom. The van der Waals surface area contributed by atoms with Gasteiger partial charge >= 0.3 is 0 Å². The molecule has 7 nitrogen and oxygen atoms in total. The quantitative estimate of drug-likeness (QED) is 0.786. The van der Waals surface area contributed by atoms with Crippen molar-refractivity contribution < 1.29 is 23.8 Å². The van der Waals surface area contributed by atoms with E-state index in [2.05, 4.69) is 5.32 Å². The number of nitrogens with two attached hydrogens (primary N) is 1. The maximum Gasteiger partial charge on any atom is 0.262 e. The van der Waals surface area contributed by atoms with Gasteiger partial charge in [0.15, 0.2) is 6.61 Å². The van der Waals surface area contributed by atoms with Crippen molar-refractivity contribution in [3.05, 3.63) is 47.0 Å². The molecule has 2 amide bonds. The second-order valence-corrected chi connectivity index (χ2v) is 5.34. The number of rotatable bonds is 7. The molecule has 0 atom stereocenters. The molecule has 0 radical (unpaired) electrons. The van der Waals surface area contributed by atoms with Crippen LogP contribution in [-0.4, -0.2) is 32.6 Å². The molecule has 3 N–H and O–H groups in total. The lowest BCUT2D eigenvalue weighted by Crippen LogP contribution is -2.22. The summed E-state index contributed by atoms with van der Waals surface area (Å²) in [5, 5.41) is 3.01. The van der Waals surface area contributed by atoms with E-state index in [-0.39, 0.29) is 17.9 Å². The Labute approximate surface area is 149 Å². The smallest absolute Gasteiger partial charge is 0.262 e. The average molecular weight is 365 g/mol. The van der Waals surface area contributed by atoms with Crippen LogP contribution in [0.1, 0.15) is 10.4 Å². The molecule has 25 heavy (non-hydrogen) atoms. The molecule has 8 heteroatoms. The monoisotopic (exact) mass is 364 g/mol. The number of nitrogens with one attached hydrogen (secondary N) is 1. The molecule has 0 saturated carbocycles. The summed E-state index contributed by atoms with van der Waals surface area (Å²) >= 11 is 5.88. The predicted octanol–water partition coefficient (Wildman–Crippen LogP) is 2.47. The summed E-state index contributed by atoms with van der Waals surface area (Å²) in [6, 6.07) is 9.35. The molecule has 0 spiro atoms. The molecule has 0 aliphatic heterocycles. The molecule has 0 unspecified atom stereocenters. The van der Waals surface area contributed by atoms with E-state index in [1.54, 1.807) is 18.2 Å². The zero-order valence-electron chi connectivity index (χ0n) is 13.7. The average Bonchev–Trinajstić information content (AvgIpc) is 2.59. The number of carbonyl (C=O) groups is 2. The van der Waals surface area contributed by atoms with Crippen molar-refractivity contribution in [1.82, 2.24) is 0 Å². The van der Waals surface area contributed by atoms with Crippen molar-refractivity contribution in [2.45, 2.75) is 0 Å². The highest BCUT2D eigenvalue weighted by atomic mass is 35.5. The first-order valence-electron chi connectivity index (χ1n) is 7.18. The second kappa shape index (κ2) is 8.25. The van der Waals surface area contributed by atoms with Crippen molar-refractivity contribution in [2.24, 2.45) is 5.73 Å². The fourth-order valence-electron chi connectivity index (χ4n) is 2.06. The minimum Gasteiger partial charge on any atom is -0.497 e. The van der Waals surface area contributed by atoms with Gasteiger partial charge in [-0.05, 0) is 30.3 Å². The van der Waals surface area contributed by atoms with Crippen LogP contribution in [0.5, 0.6) is 17.2 Å². The number of hydrogen-bond donors (Lipinski definition) is 2. The van der Waals surface area contributed by atoms with Crippen LogP contribution in [0.15, 0.2) is 36.4 Å². The highest BCUT2D eigenvalue weighted by molar-refractivity contribution is 6.30. The van der Waals surface area contributed by atoms with Crippen LogP contribution in [0.3, 0.4) is 0 Å². The van der Waals surface area contributed by atoms with Crippen LogP contribution in [0.4, 0.5) is 5.69 Å². The molecule has 0 bridgehead atoms. The van der Waals surface area contributed by atoms with Crippen molar-refractivity contribution in [2.75, 3.05) is 26.1 Å². The van der Waals surface area contributed by atoms with E-state index in [4.69, 9.17) is 31.5 Å². The topological polar surface area (TPSA) is 99.9 Å². The summed E-state index contributed by atoms with van der Waals surface area (Å²) in [5.41, 5.74) is 5.83. The summed E-state index contributed by atoms with van der Waals surface area (Å²) in [5.74, 6) is 0.0221. The molecule has 2 aromatic carbocycles. The Morgan fingerprint density at radius 3 is 2.48 bits per heavy atom. The summed E-state index contributed by atoms with van der Waals surface area (Å²) < 4.78 is 15.7. The van der Waals surface area contributed by atoms with Crippen LogP contribution in [0.2, 0.25) is 5.02 Å². The van der Waals surface area contributed by atoms with Gasteiger partial charge in [0, 0.05) is 11.1 Å². The Balaban J connectivity index is 2.09. The van der Waals surface area contributed by atoms with Gasteiger partial charge in [-0.3, -0.25) is 9.59 Å². The molecule has 0 heterocycles. The molecule has 0 saturated heterocycles. The number of hydrogen-bond acceptors (Lipinski definition) is 5. The summed E-state index contributed by atoms with van der Waals surface area (Å²) in [4.78, 5) is 23.5. The van der Waals surface area contributed by atoms with E-state index >= 15 is 0 Å². The third-order valence-electron chi connectivity index (χ3n) is 3.25. The summed E-state index contributed by atoms with van der Waals surface area (Å²) in [6.45, 7) is -0.346. The van der Waals surface area contributed by atoms with E-state index in [1.807, 2.05) is 0 Å². The number of carbonyl (C=O) groups excluding carboxylic acids is 2. The molecule has 0 fully saturated rings. The van der Waals surface area contributed by atoms with Crippen molar-refractivity contribution >= 4 is 29.1 Å². The number of methoxy groups -OCH3 is 2. The third-order valence-corrected chi connectivity index (χ3v) is 3.48. The fourth-order valence-corrected chi connectivity index (χ4v) is 2.22. The van der Waals surface area contributed by atoms with E-state index in [9.17, 15) is 9.59 Å². The van der Waals surface area contributed by atoms with Gasteiger partial charge in [0.05, 0.1) is 25.5 Å². The third kappa shape index (κ3) is 4.77. The molecule has 0 aliphatic carbocycles. The second-order valence-electron chi connectivity index (χ2n) is 4.91. The lowest BCUT2D eigenvalue weighted by molar-refractivity contribution is -0.118. The number of anilines is 1. The van der Waals surface area contributed by atoms with Crippen molar-refractivity contribution in [3.63, 3.8) is 0 Å². The van der Waals surface area contributed by atoms with Gasteiger partial charge in [0.25, 0.3) is 11.8 Å². The molecule has 132 valence electrons. The van der Waals surface area contributed by atoms with E-state index in [1.165, 1.54) is 32.4 Å². The highest BCUT2D eigenvalue weighted by Gasteiger charge is 2.13. The van der Waals surface area contributed by atoms with Gasteiger partial charge in [-0.25, -0.2) is 0 Å². The number of primary amides is 1. The lowest BCUT2D eigenvalue weighted by Gasteiger charge is -2.13. The predicted molar refractivity (Wildman–Crippen MR) is 93.6 cm³/mol. The first kappa shape index (κ1) is 18.4. The SMILES string of the molecule is COc1ccc(OC)c(NC(=O)COc2cc(Cl)ccc2C(N)=O)c1. The van der Waals surface area contributed by atoms with Crippen LogP contribution < -0.4 is 25.3 Å². The number of amides is 2. The van der Waals surface area contributed by atoms with Crippen LogP contribution in [0, 0.1) is 0 Å². The first-order chi connectivity index (χ1) is 11.9. The van der Waals surface area contributed by atoms with E-state index in [0.717, 1.165) is 0 Å². The lowest BCUT2D eigenvalue weighted by atomic mass is 10.2. The van der Waals surface area contributed by atoms with Gasteiger partial charge in [-0.15, -0.1) is 0 Å². The fraction of sp³-hybridized carbons (Fsp3) is 0.176. The zero-order valence-corrected chi connectivity index (χ0v) is 14.4. The Morgan fingerprint density at radius 2 is 1.84 bits per heavy atom. The maximum atomic E-state index is 12.1. The zero-order chi connectivity index (χ0) is 18.4. The molecule has 2 aromatic rings. The standard InChI is InChI=1S/C17H17ClN2O5/c1-23-11-4-6-14(24-2)13(8-11)20-16(21)9-25-15-7-10(18)3-5-12(15)17(19)22/h3-8H,9H2,1-2H3,(H2,19,22)(H,20,21). The number of ether oxygens (including phenoxy) is 3. The van der Waals surface area contributed by atoms with Gasteiger partial charge in [0.2, 0.25) is 0 Å². The summed E-state index contributed by atoms with van der Waals surface area (Å²) in [7, 11) is 3.00. The minimum absolute atomic E-state index is 0.132. The Hall–Kier alpha value is -2.93. The molecule has 0 aliphatic rings. The number of halogens is 1. The molecule has 0 aromatic heterocycles. The molecular weight excluding hydrogens is 348 g/mol. The van der Waals surface area contributed by atoms with Crippen LogP contribution in [-0.2, 0) is 4.79 Å².